The van der Waals surface area contributed by atoms with Gasteiger partial charge in [0.1, 0.15) is 0 Å². The van der Waals surface area contributed by atoms with E-state index >= 15 is 0 Å². The van der Waals surface area contributed by atoms with E-state index in [0.29, 0.717) is 5.02 Å². The SMILES string of the molecule is Cc1ccsc1C(C)Nc1ccc(Cl)c2ncccc12. The molecule has 2 aromatic heterocycles. The molecule has 0 spiro atoms. The van der Waals surface area contributed by atoms with Crippen LogP contribution in [0.5, 0.6) is 0 Å². The van der Waals surface area contributed by atoms with Crippen LogP contribution in [0.1, 0.15) is 23.4 Å². The first kappa shape index (κ1) is 13.4. The minimum atomic E-state index is 0.264. The number of pyridine rings is 1. The minimum Gasteiger partial charge on any atom is -0.377 e. The van der Waals surface area contributed by atoms with Crippen molar-refractivity contribution in [3.8, 4) is 0 Å². The number of thiophene rings is 1. The second-order valence-electron chi connectivity index (χ2n) is 4.83. The van der Waals surface area contributed by atoms with Crippen molar-refractivity contribution < 1.29 is 0 Å². The smallest absolute Gasteiger partial charge is 0.0908 e. The highest BCUT2D eigenvalue weighted by Crippen LogP contribution is 2.32. The lowest BCUT2D eigenvalue weighted by molar-refractivity contribution is 0.901. The molecule has 0 bridgehead atoms. The molecule has 3 aromatic rings. The Kier molecular flexibility index (Phi) is 3.64. The third-order valence-corrected chi connectivity index (χ3v) is 4.89. The summed E-state index contributed by atoms with van der Waals surface area (Å²) in [5, 5.41) is 7.44. The quantitative estimate of drug-likeness (QED) is 0.697. The molecule has 102 valence electrons. The summed E-state index contributed by atoms with van der Waals surface area (Å²) in [4.78, 5) is 5.72. The van der Waals surface area contributed by atoms with Gasteiger partial charge in [-0.2, -0.15) is 0 Å². The van der Waals surface area contributed by atoms with Crippen molar-refractivity contribution in [3.63, 3.8) is 0 Å². The van der Waals surface area contributed by atoms with Crippen molar-refractivity contribution >= 4 is 39.5 Å². The lowest BCUT2D eigenvalue weighted by Crippen LogP contribution is -2.06. The number of anilines is 1. The van der Waals surface area contributed by atoms with Gasteiger partial charge in [0.05, 0.1) is 16.6 Å². The number of aromatic nitrogens is 1. The average molecular weight is 303 g/mol. The second kappa shape index (κ2) is 5.43. The Morgan fingerprint density at radius 3 is 2.85 bits per heavy atom. The van der Waals surface area contributed by atoms with Crippen LogP contribution in [0, 0.1) is 6.92 Å². The molecule has 0 saturated carbocycles. The molecule has 2 nitrogen and oxygen atoms in total. The normalized spacial score (nSPS) is 12.6. The van der Waals surface area contributed by atoms with Crippen molar-refractivity contribution in [2.24, 2.45) is 0 Å². The minimum absolute atomic E-state index is 0.264. The van der Waals surface area contributed by atoms with Crippen LogP contribution in [0.3, 0.4) is 0 Å². The van der Waals surface area contributed by atoms with E-state index in [4.69, 9.17) is 11.6 Å². The molecule has 2 heterocycles. The van der Waals surface area contributed by atoms with Gasteiger partial charge in [0.15, 0.2) is 0 Å². The fraction of sp³-hybridized carbons (Fsp3) is 0.188. The molecular formula is C16H15ClN2S. The standard InChI is InChI=1S/C16H15ClN2S/c1-10-7-9-20-16(10)11(2)19-14-6-5-13(17)15-12(14)4-3-8-18-15/h3-9,11,19H,1-2H3. The summed E-state index contributed by atoms with van der Waals surface area (Å²) in [6, 6.07) is 10.3. The maximum atomic E-state index is 6.20. The molecule has 0 aliphatic heterocycles. The van der Waals surface area contributed by atoms with Crippen molar-refractivity contribution in [1.29, 1.82) is 0 Å². The van der Waals surface area contributed by atoms with Crippen LogP contribution in [-0.4, -0.2) is 4.98 Å². The van der Waals surface area contributed by atoms with Gasteiger partial charge in [0, 0.05) is 22.1 Å². The van der Waals surface area contributed by atoms with E-state index in [1.807, 2.05) is 24.3 Å². The number of hydrogen-bond donors (Lipinski definition) is 1. The first-order chi connectivity index (χ1) is 9.66. The Labute approximate surface area is 127 Å². The van der Waals surface area contributed by atoms with E-state index in [0.717, 1.165) is 16.6 Å². The monoisotopic (exact) mass is 302 g/mol. The van der Waals surface area contributed by atoms with Gasteiger partial charge in [-0.25, -0.2) is 0 Å². The van der Waals surface area contributed by atoms with Crippen LogP contribution in [0.4, 0.5) is 5.69 Å². The molecule has 1 atom stereocenters. The number of nitrogens with one attached hydrogen (secondary N) is 1. The van der Waals surface area contributed by atoms with Crippen molar-refractivity contribution in [3.05, 3.63) is 57.4 Å². The molecule has 1 aromatic carbocycles. The van der Waals surface area contributed by atoms with Crippen molar-refractivity contribution in [2.75, 3.05) is 5.32 Å². The van der Waals surface area contributed by atoms with Gasteiger partial charge < -0.3 is 5.32 Å². The second-order valence-corrected chi connectivity index (χ2v) is 6.18. The maximum Gasteiger partial charge on any atom is 0.0908 e. The zero-order chi connectivity index (χ0) is 14.1. The Morgan fingerprint density at radius 2 is 2.10 bits per heavy atom. The van der Waals surface area contributed by atoms with E-state index in [-0.39, 0.29) is 6.04 Å². The summed E-state index contributed by atoms with van der Waals surface area (Å²) in [7, 11) is 0. The Balaban J connectivity index is 1.99. The van der Waals surface area contributed by atoms with Gasteiger partial charge in [-0.05, 0) is 55.1 Å². The fourth-order valence-corrected chi connectivity index (χ4v) is 3.54. The van der Waals surface area contributed by atoms with Crippen LogP contribution >= 0.6 is 22.9 Å². The number of benzene rings is 1. The zero-order valence-corrected chi connectivity index (χ0v) is 12.9. The summed E-state index contributed by atoms with van der Waals surface area (Å²) in [5.41, 5.74) is 3.23. The van der Waals surface area contributed by atoms with E-state index in [2.05, 4.69) is 35.6 Å². The highest BCUT2D eigenvalue weighted by Gasteiger charge is 2.12. The summed E-state index contributed by atoms with van der Waals surface area (Å²) in [6.45, 7) is 4.32. The highest BCUT2D eigenvalue weighted by molar-refractivity contribution is 7.10. The van der Waals surface area contributed by atoms with Gasteiger partial charge in [-0.3, -0.25) is 4.98 Å². The first-order valence-electron chi connectivity index (χ1n) is 6.50. The van der Waals surface area contributed by atoms with Crippen LogP contribution in [0.2, 0.25) is 5.02 Å². The maximum absolute atomic E-state index is 6.20. The number of rotatable bonds is 3. The number of nitrogens with zero attached hydrogens (tertiary/aromatic N) is 1. The average Bonchev–Trinajstić information content (AvgIpc) is 2.88. The molecule has 0 aliphatic carbocycles. The van der Waals surface area contributed by atoms with Gasteiger partial charge in [-0.1, -0.05) is 11.6 Å². The summed E-state index contributed by atoms with van der Waals surface area (Å²) in [5.74, 6) is 0. The predicted octanol–water partition coefficient (Wildman–Crippen LogP) is 5.43. The zero-order valence-electron chi connectivity index (χ0n) is 11.4. The first-order valence-corrected chi connectivity index (χ1v) is 7.76. The lowest BCUT2D eigenvalue weighted by atomic mass is 10.1. The summed E-state index contributed by atoms with van der Waals surface area (Å²) >= 11 is 7.98. The molecule has 1 unspecified atom stereocenters. The lowest BCUT2D eigenvalue weighted by Gasteiger charge is -2.17. The number of halogens is 1. The van der Waals surface area contributed by atoms with E-state index < -0.39 is 0 Å². The number of hydrogen-bond acceptors (Lipinski definition) is 3. The Morgan fingerprint density at radius 1 is 1.25 bits per heavy atom. The molecule has 0 amide bonds. The molecular weight excluding hydrogens is 288 g/mol. The van der Waals surface area contributed by atoms with Gasteiger partial charge >= 0.3 is 0 Å². The van der Waals surface area contributed by atoms with Crippen LogP contribution in [0.25, 0.3) is 10.9 Å². The molecule has 3 rings (SSSR count). The van der Waals surface area contributed by atoms with Crippen LogP contribution in [-0.2, 0) is 0 Å². The molecule has 0 aliphatic rings. The van der Waals surface area contributed by atoms with E-state index in [1.54, 1.807) is 17.5 Å². The predicted molar refractivity (Wildman–Crippen MR) is 87.8 cm³/mol. The fourth-order valence-electron chi connectivity index (χ4n) is 2.39. The van der Waals surface area contributed by atoms with Crippen molar-refractivity contribution in [1.82, 2.24) is 4.98 Å². The molecule has 20 heavy (non-hydrogen) atoms. The third-order valence-electron chi connectivity index (χ3n) is 3.39. The summed E-state index contributed by atoms with van der Waals surface area (Å²) in [6.07, 6.45) is 1.77. The topological polar surface area (TPSA) is 24.9 Å². The van der Waals surface area contributed by atoms with E-state index in [9.17, 15) is 0 Å². The highest BCUT2D eigenvalue weighted by atomic mass is 35.5. The molecule has 0 fully saturated rings. The molecule has 4 heteroatoms. The number of fused-ring (bicyclic) bond motifs is 1. The van der Waals surface area contributed by atoms with Crippen LogP contribution in [0.15, 0.2) is 41.9 Å². The largest absolute Gasteiger partial charge is 0.377 e. The third kappa shape index (κ3) is 2.39. The molecule has 0 saturated heterocycles. The Bertz CT molecular complexity index is 751. The Hall–Kier alpha value is -1.58. The van der Waals surface area contributed by atoms with Gasteiger partial charge in [0.2, 0.25) is 0 Å². The molecule has 1 N–H and O–H groups in total. The van der Waals surface area contributed by atoms with Gasteiger partial charge in [0.25, 0.3) is 0 Å². The van der Waals surface area contributed by atoms with E-state index in [1.165, 1.54) is 10.4 Å². The molecule has 0 radical (unpaired) electrons. The number of aryl methyl sites for hydroxylation is 1. The van der Waals surface area contributed by atoms with Gasteiger partial charge in [-0.15, -0.1) is 11.3 Å². The summed E-state index contributed by atoms with van der Waals surface area (Å²) < 4.78 is 0. The van der Waals surface area contributed by atoms with Crippen LogP contribution < -0.4 is 5.32 Å². The van der Waals surface area contributed by atoms with Crippen molar-refractivity contribution in [2.45, 2.75) is 19.9 Å².